The second kappa shape index (κ2) is 11.7. The molecule has 1 unspecified atom stereocenters. The molecule has 0 saturated carbocycles. The van der Waals surface area contributed by atoms with Crippen molar-refractivity contribution in [2.75, 3.05) is 0 Å². The molecule has 0 aliphatic rings. The monoisotopic (exact) mass is 436 g/mol. The van der Waals surface area contributed by atoms with Crippen molar-refractivity contribution in [3.8, 4) is 5.75 Å². The fourth-order valence-electron chi connectivity index (χ4n) is 3.00. The largest absolute Gasteiger partial charge is 0.486 e. The van der Waals surface area contributed by atoms with Crippen molar-refractivity contribution in [2.24, 2.45) is 0 Å². The van der Waals surface area contributed by atoms with Gasteiger partial charge in [0.15, 0.2) is 11.6 Å². The number of carbonyl (C=O) groups excluding carboxylic acids is 2. The summed E-state index contributed by atoms with van der Waals surface area (Å²) in [6.45, 7) is 5.53. The van der Waals surface area contributed by atoms with Gasteiger partial charge in [-0.3, -0.25) is 9.59 Å². The van der Waals surface area contributed by atoms with E-state index in [2.05, 4.69) is 0 Å². The average Bonchev–Trinajstić information content (AvgIpc) is 2.76. The van der Waals surface area contributed by atoms with Crippen LogP contribution in [0, 0.1) is 6.92 Å². The van der Waals surface area contributed by atoms with Gasteiger partial charge < -0.3 is 4.74 Å². The minimum atomic E-state index is -0.750. The van der Waals surface area contributed by atoms with Gasteiger partial charge in [0.1, 0.15) is 11.9 Å². The molecule has 0 N–H and O–H groups in total. The van der Waals surface area contributed by atoms with Gasteiger partial charge in [0.05, 0.1) is 0 Å². The van der Waals surface area contributed by atoms with Crippen LogP contribution in [0.25, 0.3) is 0 Å². The van der Waals surface area contributed by atoms with E-state index in [1.165, 1.54) is 5.56 Å². The lowest BCUT2D eigenvalue weighted by Crippen LogP contribution is -2.06. The maximum absolute atomic E-state index is 12.6. The van der Waals surface area contributed by atoms with Crippen LogP contribution < -0.4 is 4.74 Å². The average molecular weight is 437 g/mol. The molecule has 6 heteroatoms. The number of aryl methyl sites for hydroxylation is 1. The van der Waals surface area contributed by atoms with Crippen LogP contribution in [0.15, 0.2) is 72.8 Å². The molecule has 0 saturated heterocycles. The molecule has 0 aliphatic heterocycles. The zero-order chi connectivity index (χ0) is 22.8. The summed E-state index contributed by atoms with van der Waals surface area (Å²) in [6, 6.07) is 22.7. The number of ether oxygens (including phenoxy) is 1. The van der Waals surface area contributed by atoms with E-state index in [-0.39, 0.29) is 17.7 Å². The highest BCUT2D eigenvalue weighted by Crippen LogP contribution is 2.23. The van der Waals surface area contributed by atoms with E-state index >= 15 is 0 Å². The van der Waals surface area contributed by atoms with Crippen LogP contribution in [-0.2, 0) is 18.0 Å². The second-order valence-electron chi connectivity index (χ2n) is 7.12. The lowest BCUT2D eigenvalue weighted by atomic mass is 10.0. The van der Waals surface area contributed by atoms with Crippen LogP contribution in [-0.4, -0.2) is 20.0 Å². The van der Waals surface area contributed by atoms with Crippen molar-refractivity contribution < 1.29 is 22.7 Å². The number of hydrogen-bond donors (Lipinski definition) is 0. The Bertz CT molecular complexity index is 1070. The molecule has 3 aromatic carbocycles. The summed E-state index contributed by atoms with van der Waals surface area (Å²) in [5.74, 6) is 0.755. The van der Waals surface area contributed by atoms with Gasteiger partial charge in [0.2, 0.25) is 0 Å². The Morgan fingerprint density at radius 1 is 0.903 bits per heavy atom. The molecule has 0 fully saturated rings. The van der Waals surface area contributed by atoms with Gasteiger partial charge in [-0.15, -0.1) is 0 Å². The SMILES string of the molecule is CC(=O)c1ccc(C(C)Oc2cccc(C(=O)Cc3ccc(C)cc3)c2)cc1.O=S=O. The van der Waals surface area contributed by atoms with E-state index in [0.717, 1.165) is 11.1 Å². The summed E-state index contributed by atoms with van der Waals surface area (Å²) in [4.78, 5) is 24.0. The van der Waals surface area contributed by atoms with Gasteiger partial charge in [-0.2, -0.15) is 8.42 Å². The molecular formula is C25H24O5S. The van der Waals surface area contributed by atoms with Gasteiger partial charge in [0.25, 0.3) is 0 Å². The van der Waals surface area contributed by atoms with E-state index in [9.17, 15) is 9.59 Å². The van der Waals surface area contributed by atoms with Crippen molar-refractivity contribution >= 4 is 23.1 Å². The molecule has 5 nitrogen and oxygen atoms in total. The Kier molecular flexibility index (Phi) is 9.03. The maximum Gasteiger partial charge on any atom is 0.335 e. The highest BCUT2D eigenvalue weighted by molar-refractivity contribution is 7.51. The van der Waals surface area contributed by atoms with E-state index in [4.69, 9.17) is 13.2 Å². The van der Waals surface area contributed by atoms with Crippen molar-refractivity contribution in [1.29, 1.82) is 0 Å². The van der Waals surface area contributed by atoms with Crippen molar-refractivity contribution in [2.45, 2.75) is 33.3 Å². The summed E-state index contributed by atoms with van der Waals surface area (Å²) in [6.07, 6.45) is 0.176. The summed E-state index contributed by atoms with van der Waals surface area (Å²) >= 11 is -0.750. The molecule has 0 bridgehead atoms. The fraction of sp³-hybridized carbons (Fsp3) is 0.200. The number of rotatable bonds is 7. The van der Waals surface area contributed by atoms with Crippen LogP contribution >= 0.6 is 0 Å². The molecule has 0 heterocycles. The molecule has 31 heavy (non-hydrogen) atoms. The molecule has 160 valence electrons. The Labute approximate surface area is 185 Å². The normalized spacial score (nSPS) is 10.9. The van der Waals surface area contributed by atoms with E-state index in [1.54, 1.807) is 25.1 Å². The zero-order valence-electron chi connectivity index (χ0n) is 17.7. The topological polar surface area (TPSA) is 77.5 Å². The first-order chi connectivity index (χ1) is 14.8. The van der Waals surface area contributed by atoms with Gasteiger partial charge in [-0.05, 0) is 44.0 Å². The summed E-state index contributed by atoms with van der Waals surface area (Å²) < 4.78 is 22.6. The molecule has 3 aromatic rings. The van der Waals surface area contributed by atoms with Crippen LogP contribution in [0.1, 0.15) is 57.4 Å². The van der Waals surface area contributed by atoms with Gasteiger partial charge >= 0.3 is 11.6 Å². The Balaban J connectivity index is 0.00000107. The molecule has 1 atom stereocenters. The molecule has 0 aromatic heterocycles. The molecule has 0 spiro atoms. The Morgan fingerprint density at radius 2 is 1.52 bits per heavy atom. The van der Waals surface area contributed by atoms with E-state index in [1.807, 2.05) is 68.4 Å². The van der Waals surface area contributed by atoms with Gasteiger partial charge in [0, 0.05) is 17.5 Å². The van der Waals surface area contributed by atoms with Crippen LogP contribution in [0.3, 0.4) is 0 Å². The minimum Gasteiger partial charge on any atom is -0.486 e. The number of Topliss-reactive ketones (excluding diaryl/α,β-unsaturated/α-hetero) is 2. The summed E-state index contributed by atoms with van der Waals surface area (Å²) in [5.41, 5.74) is 4.47. The molecule has 0 aliphatic carbocycles. The first-order valence-corrected chi connectivity index (χ1v) is 10.4. The lowest BCUT2D eigenvalue weighted by molar-refractivity contribution is 0.0989. The smallest absolute Gasteiger partial charge is 0.335 e. The highest BCUT2D eigenvalue weighted by atomic mass is 32.1. The first-order valence-electron chi connectivity index (χ1n) is 9.72. The fourth-order valence-corrected chi connectivity index (χ4v) is 3.00. The third-order valence-corrected chi connectivity index (χ3v) is 4.74. The first kappa shape index (κ1) is 23.9. The van der Waals surface area contributed by atoms with Crippen LogP contribution in [0.2, 0.25) is 0 Å². The van der Waals surface area contributed by atoms with Crippen LogP contribution in [0.5, 0.6) is 5.75 Å². The number of ketones is 2. The molecule has 3 rings (SSSR count). The molecular weight excluding hydrogens is 412 g/mol. The van der Waals surface area contributed by atoms with E-state index in [0.29, 0.717) is 23.3 Å². The van der Waals surface area contributed by atoms with Crippen LogP contribution in [0.4, 0.5) is 0 Å². The van der Waals surface area contributed by atoms with Crippen molar-refractivity contribution in [3.63, 3.8) is 0 Å². The van der Waals surface area contributed by atoms with Crippen molar-refractivity contribution in [3.05, 3.63) is 101 Å². The molecule has 0 amide bonds. The standard InChI is InChI=1S/C25H24O3.O2S/c1-17-7-9-20(10-8-17)15-25(27)23-5-4-6-24(16-23)28-19(3)22-13-11-21(12-14-22)18(2)26;1-3-2/h4-14,16,19H,15H2,1-3H3;. The predicted octanol–water partition coefficient (Wildman–Crippen LogP) is 5.09. The third-order valence-electron chi connectivity index (χ3n) is 4.74. The minimum absolute atomic E-state index is 0.0416. The Hall–Kier alpha value is -3.38. The quantitative estimate of drug-likeness (QED) is 0.482. The van der Waals surface area contributed by atoms with E-state index < -0.39 is 11.6 Å². The number of hydrogen-bond acceptors (Lipinski definition) is 5. The summed E-state index contributed by atoms with van der Waals surface area (Å²) in [5, 5.41) is 0. The summed E-state index contributed by atoms with van der Waals surface area (Å²) in [7, 11) is 0. The van der Waals surface area contributed by atoms with Gasteiger partial charge in [-0.25, -0.2) is 0 Å². The Morgan fingerprint density at radius 3 is 2.10 bits per heavy atom. The molecule has 0 radical (unpaired) electrons. The lowest BCUT2D eigenvalue weighted by Gasteiger charge is -2.16. The number of benzene rings is 3. The maximum atomic E-state index is 12.6. The van der Waals surface area contributed by atoms with Crippen molar-refractivity contribution in [1.82, 2.24) is 0 Å². The van der Waals surface area contributed by atoms with Gasteiger partial charge in [-0.1, -0.05) is 66.2 Å². The zero-order valence-corrected chi connectivity index (χ0v) is 18.5. The third kappa shape index (κ3) is 7.42. The predicted molar refractivity (Wildman–Crippen MR) is 120 cm³/mol. The number of carbonyl (C=O) groups is 2. The highest BCUT2D eigenvalue weighted by Gasteiger charge is 2.12. The second-order valence-corrected chi connectivity index (χ2v) is 7.26.